The van der Waals surface area contributed by atoms with E-state index in [9.17, 15) is 5.11 Å². The first-order valence-electron chi connectivity index (χ1n) is 10.3. The average Bonchev–Trinajstić information content (AvgIpc) is 3.47. The molecule has 0 aliphatic carbocycles. The van der Waals surface area contributed by atoms with Crippen molar-refractivity contribution in [2.75, 3.05) is 28.6 Å². The van der Waals surface area contributed by atoms with Crippen LogP contribution in [-0.2, 0) is 0 Å². The van der Waals surface area contributed by atoms with Gasteiger partial charge >= 0.3 is 0 Å². The Hall–Kier alpha value is -3.24. The molecule has 0 aromatic carbocycles. The van der Waals surface area contributed by atoms with E-state index in [0.29, 0.717) is 6.54 Å². The van der Waals surface area contributed by atoms with Crippen LogP contribution in [0.15, 0.2) is 42.9 Å². The van der Waals surface area contributed by atoms with E-state index in [1.807, 2.05) is 41.2 Å². The Balaban J connectivity index is 1.43. The first-order valence-corrected chi connectivity index (χ1v) is 11.1. The van der Waals surface area contributed by atoms with Crippen LogP contribution in [0.5, 0.6) is 0 Å². The van der Waals surface area contributed by atoms with Gasteiger partial charge in [0.25, 0.3) is 0 Å². The Bertz CT molecular complexity index is 1200. The van der Waals surface area contributed by atoms with E-state index in [0.717, 1.165) is 51.4 Å². The van der Waals surface area contributed by atoms with Crippen LogP contribution in [0.4, 0.5) is 22.3 Å². The fourth-order valence-electron chi connectivity index (χ4n) is 3.64. The summed E-state index contributed by atoms with van der Waals surface area (Å²) in [5.41, 5.74) is 3.81. The summed E-state index contributed by atoms with van der Waals surface area (Å²) in [6.07, 6.45) is 5.99. The zero-order chi connectivity index (χ0) is 21.4. The van der Waals surface area contributed by atoms with Crippen molar-refractivity contribution in [1.82, 2.24) is 24.8 Å². The number of rotatable bonds is 6. The molecule has 160 valence electrons. The summed E-state index contributed by atoms with van der Waals surface area (Å²) in [5, 5.41) is 31.3. The predicted octanol–water partition coefficient (Wildman–Crippen LogP) is 3.38. The van der Waals surface area contributed by atoms with Crippen LogP contribution < -0.4 is 15.5 Å². The number of nitrogens with one attached hydrogen (secondary N) is 2. The molecule has 1 aliphatic heterocycles. The average molecular weight is 437 g/mol. The Labute approximate surface area is 183 Å². The summed E-state index contributed by atoms with van der Waals surface area (Å²) in [6.45, 7) is 5.61. The molecule has 4 aromatic rings. The van der Waals surface area contributed by atoms with Crippen molar-refractivity contribution in [3.8, 4) is 10.6 Å². The zero-order valence-electron chi connectivity index (χ0n) is 17.4. The monoisotopic (exact) mass is 436 g/mol. The van der Waals surface area contributed by atoms with Gasteiger partial charge in [0.15, 0.2) is 5.01 Å². The van der Waals surface area contributed by atoms with Gasteiger partial charge in [0.05, 0.1) is 17.2 Å². The predicted molar refractivity (Wildman–Crippen MR) is 123 cm³/mol. The lowest BCUT2D eigenvalue weighted by atomic mass is 10.2. The second kappa shape index (κ2) is 8.12. The SMILES string of the molecule is CC(C)Nc1cc(Nc2ccn3nccc3c2)ncc1-c1nnc(N2CC[C@@H](O)C2)s1. The van der Waals surface area contributed by atoms with Crippen LogP contribution in [0.2, 0.25) is 0 Å². The highest BCUT2D eigenvalue weighted by Crippen LogP contribution is 2.36. The van der Waals surface area contributed by atoms with Crippen molar-refractivity contribution >= 4 is 39.2 Å². The number of hydrogen-bond acceptors (Lipinski definition) is 9. The van der Waals surface area contributed by atoms with E-state index in [-0.39, 0.29) is 12.1 Å². The highest BCUT2D eigenvalue weighted by atomic mass is 32.1. The summed E-state index contributed by atoms with van der Waals surface area (Å²) in [5.74, 6) is 0.739. The summed E-state index contributed by atoms with van der Waals surface area (Å²) < 4.78 is 1.82. The molecule has 0 radical (unpaired) electrons. The van der Waals surface area contributed by atoms with Crippen molar-refractivity contribution < 1.29 is 5.11 Å². The molecule has 0 saturated carbocycles. The van der Waals surface area contributed by atoms with Crippen LogP contribution in [0.3, 0.4) is 0 Å². The molecule has 4 aromatic heterocycles. The molecule has 5 heterocycles. The van der Waals surface area contributed by atoms with E-state index in [1.165, 1.54) is 11.3 Å². The molecular formula is C21H24N8OS. The van der Waals surface area contributed by atoms with Crippen LogP contribution in [0.1, 0.15) is 20.3 Å². The summed E-state index contributed by atoms with van der Waals surface area (Å²) in [6, 6.07) is 8.20. The lowest BCUT2D eigenvalue weighted by Crippen LogP contribution is -2.20. The number of pyridine rings is 2. The molecule has 5 rings (SSSR count). The molecule has 1 saturated heterocycles. The van der Waals surface area contributed by atoms with Gasteiger partial charge in [-0.15, -0.1) is 10.2 Å². The van der Waals surface area contributed by atoms with Gasteiger partial charge in [-0.05, 0) is 38.5 Å². The molecule has 9 nitrogen and oxygen atoms in total. The maximum atomic E-state index is 9.81. The molecule has 10 heteroatoms. The van der Waals surface area contributed by atoms with Gasteiger partial charge < -0.3 is 20.6 Å². The summed E-state index contributed by atoms with van der Waals surface area (Å²) in [7, 11) is 0. The maximum absolute atomic E-state index is 9.81. The highest BCUT2D eigenvalue weighted by Gasteiger charge is 2.24. The number of aliphatic hydroxyl groups is 1. The second-order valence-electron chi connectivity index (χ2n) is 7.93. The first-order chi connectivity index (χ1) is 15.0. The fraction of sp³-hybridized carbons (Fsp3) is 0.333. The highest BCUT2D eigenvalue weighted by molar-refractivity contribution is 7.18. The summed E-state index contributed by atoms with van der Waals surface area (Å²) >= 11 is 1.52. The van der Waals surface area contributed by atoms with Crippen molar-refractivity contribution in [2.45, 2.75) is 32.4 Å². The number of fused-ring (bicyclic) bond motifs is 1. The van der Waals surface area contributed by atoms with E-state index in [1.54, 1.807) is 6.20 Å². The zero-order valence-corrected chi connectivity index (χ0v) is 18.2. The van der Waals surface area contributed by atoms with Gasteiger partial charge in [0.1, 0.15) is 5.82 Å². The number of hydrogen-bond donors (Lipinski definition) is 3. The lowest BCUT2D eigenvalue weighted by Gasteiger charge is -2.15. The minimum Gasteiger partial charge on any atom is -0.391 e. The molecule has 0 bridgehead atoms. The van der Waals surface area contributed by atoms with E-state index in [4.69, 9.17) is 0 Å². The molecule has 0 unspecified atom stereocenters. The third kappa shape index (κ3) is 4.17. The Kier molecular flexibility index (Phi) is 5.16. The van der Waals surface area contributed by atoms with Crippen LogP contribution in [0, 0.1) is 0 Å². The summed E-state index contributed by atoms with van der Waals surface area (Å²) in [4.78, 5) is 6.70. The van der Waals surface area contributed by atoms with Crippen LogP contribution in [0.25, 0.3) is 16.1 Å². The maximum Gasteiger partial charge on any atom is 0.208 e. The minimum absolute atomic E-state index is 0.248. The van der Waals surface area contributed by atoms with E-state index < -0.39 is 0 Å². The van der Waals surface area contributed by atoms with Crippen molar-refractivity contribution in [1.29, 1.82) is 0 Å². The Morgan fingerprint density at radius 1 is 1.23 bits per heavy atom. The molecule has 1 aliphatic rings. The fourth-order valence-corrected chi connectivity index (χ4v) is 4.54. The van der Waals surface area contributed by atoms with Crippen molar-refractivity contribution in [3.05, 3.63) is 42.9 Å². The smallest absolute Gasteiger partial charge is 0.208 e. The number of aliphatic hydroxyl groups excluding tert-OH is 1. The molecule has 0 amide bonds. The number of nitrogens with zero attached hydrogens (tertiary/aromatic N) is 6. The molecule has 1 fully saturated rings. The Morgan fingerprint density at radius 2 is 2.13 bits per heavy atom. The van der Waals surface area contributed by atoms with Gasteiger partial charge in [0, 0.05) is 55.2 Å². The van der Waals surface area contributed by atoms with E-state index in [2.05, 4.69) is 49.7 Å². The Morgan fingerprint density at radius 3 is 2.94 bits per heavy atom. The van der Waals surface area contributed by atoms with Gasteiger partial charge in [-0.3, -0.25) is 0 Å². The van der Waals surface area contributed by atoms with Gasteiger partial charge in [-0.25, -0.2) is 9.50 Å². The largest absolute Gasteiger partial charge is 0.391 e. The molecular weight excluding hydrogens is 412 g/mol. The van der Waals surface area contributed by atoms with Gasteiger partial charge in [-0.1, -0.05) is 11.3 Å². The minimum atomic E-state index is -0.292. The second-order valence-corrected chi connectivity index (χ2v) is 8.89. The van der Waals surface area contributed by atoms with Gasteiger partial charge in [-0.2, -0.15) is 5.10 Å². The molecule has 0 spiro atoms. The van der Waals surface area contributed by atoms with Crippen molar-refractivity contribution in [2.24, 2.45) is 0 Å². The standard InChI is InChI=1S/C21H24N8OS/c1-13(2)24-18-10-19(25-14-4-8-29-15(9-14)3-6-23-29)22-11-17(18)20-26-27-21(31-20)28-7-5-16(30)12-28/h3-4,6,8-11,13,16,30H,5,7,12H2,1-2H3,(H2,22,24,25)/t16-/m1/s1. The first kappa shape index (κ1) is 19.7. The molecule has 3 N–H and O–H groups in total. The van der Waals surface area contributed by atoms with Gasteiger partial charge in [0.2, 0.25) is 5.13 Å². The normalized spacial score (nSPS) is 16.4. The van der Waals surface area contributed by atoms with E-state index >= 15 is 0 Å². The lowest BCUT2D eigenvalue weighted by molar-refractivity contribution is 0.198. The van der Waals surface area contributed by atoms with Crippen molar-refractivity contribution in [3.63, 3.8) is 0 Å². The number of aromatic nitrogens is 5. The van der Waals surface area contributed by atoms with Crippen LogP contribution >= 0.6 is 11.3 Å². The molecule has 31 heavy (non-hydrogen) atoms. The quantitative estimate of drug-likeness (QED) is 0.423. The third-order valence-electron chi connectivity index (χ3n) is 5.10. The third-order valence-corrected chi connectivity index (χ3v) is 6.12. The molecule has 1 atom stereocenters. The van der Waals surface area contributed by atoms with Crippen LogP contribution in [-0.4, -0.2) is 55.1 Å². The number of β-amino-alcohol motifs (C(OH)–C–C–N with tert-alkyl or cyclic N) is 1. The topological polar surface area (TPSA) is 104 Å². The number of anilines is 4.